The van der Waals surface area contributed by atoms with Crippen molar-refractivity contribution in [1.29, 1.82) is 0 Å². The third kappa shape index (κ3) is 2.50. The Hall–Kier alpha value is -0.940. The van der Waals surface area contributed by atoms with E-state index >= 15 is 0 Å². The summed E-state index contributed by atoms with van der Waals surface area (Å²) in [4.78, 5) is 0. The van der Waals surface area contributed by atoms with Crippen molar-refractivity contribution in [3.05, 3.63) is 28.2 Å². The average molecular weight is 239 g/mol. The van der Waals surface area contributed by atoms with Crippen molar-refractivity contribution in [3.63, 3.8) is 0 Å². The number of hydrogen-bond donors (Lipinski definition) is 0. The zero-order valence-electron chi connectivity index (χ0n) is 7.51. The van der Waals surface area contributed by atoms with E-state index in [2.05, 4.69) is 21.9 Å². The predicted octanol–water partition coefficient (Wildman–Crippen LogP) is 3.02. The lowest BCUT2D eigenvalue weighted by molar-refractivity contribution is 0.407. The van der Waals surface area contributed by atoms with E-state index in [1.165, 1.54) is 0 Å². The maximum Gasteiger partial charge on any atom is 0.136 e. The molecule has 0 bridgehead atoms. The molecule has 2 heteroatoms. The molecule has 0 aliphatic heterocycles. The van der Waals surface area contributed by atoms with Crippen molar-refractivity contribution in [3.8, 4) is 18.1 Å². The van der Waals surface area contributed by atoms with Crippen molar-refractivity contribution in [2.75, 3.05) is 7.11 Å². The maximum absolute atomic E-state index is 5.26. The van der Waals surface area contributed by atoms with Gasteiger partial charge in [-0.3, -0.25) is 0 Å². The van der Waals surface area contributed by atoms with Gasteiger partial charge in [0, 0.05) is 6.42 Å². The van der Waals surface area contributed by atoms with Gasteiger partial charge in [0.1, 0.15) is 5.75 Å². The fraction of sp³-hybridized carbons (Fsp3) is 0.273. The van der Waals surface area contributed by atoms with E-state index in [-0.39, 0.29) is 0 Å². The number of ether oxygens (including phenoxy) is 1. The van der Waals surface area contributed by atoms with Gasteiger partial charge in [0.05, 0.1) is 11.6 Å². The van der Waals surface area contributed by atoms with Gasteiger partial charge < -0.3 is 4.74 Å². The summed E-state index contributed by atoms with van der Waals surface area (Å²) in [5, 5.41) is 0. The second kappa shape index (κ2) is 4.94. The van der Waals surface area contributed by atoms with Crippen LogP contribution < -0.4 is 4.74 Å². The molecule has 0 heterocycles. The molecule has 0 fully saturated rings. The number of halogens is 1. The molecule has 0 aromatic heterocycles. The Labute approximate surface area is 87.2 Å². The fourth-order valence-corrected chi connectivity index (χ4v) is 1.75. The van der Waals surface area contributed by atoms with Crippen molar-refractivity contribution in [2.45, 2.75) is 12.8 Å². The van der Waals surface area contributed by atoms with Crippen LogP contribution >= 0.6 is 15.9 Å². The molecule has 1 aromatic carbocycles. The highest BCUT2D eigenvalue weighted by Gasteiger charge is 2.05. The average Bonchev–Trinajstić information content (AvgIpc) is 2.15. The van der Waals surface area contributed by atoms with Crippen LogP contribution in [-0.2, 0) is 6.42 Å². The van der Waals surface area contributed by atoms with Crippen molar-refractivity contribution >= 4 is 15.9 Å². The molecule has 1 rings (SSSR count). The molecule has 68 valence electrons. The van der Waals surface area contributed by atoms with E-state index in [1.807, 2.05) is 18.2 Å². The van der Waals surface area contributed by atoms with Crippen LogP contribution in [0, 0.1) is 12.3 Å². The lowest BCUT2D eigenvalue weighted by atomic mass is 10.1. The number of para-hydroxylation sites is 1. The van der Waals surface area contributed by atoms with Gasteiger partial charge in [-0.1, -0.05) is 12.1 Å². The lowest BCUT2D eigenvalue weighted by Crippen LogP contribution is -1.92. The predicted molar refractivity (Wildman–Crippen MR) is 57.8 cm³/mol. The van der Waals surface area contributed by atoms with E-state index < -0.39 is 0 Å². The van der Waals surface area contributed by atoms with E-state index in [9.17, 15) is 0 Å². The zero-order valence-corrected chi connectivity index (χ0v) is 9.10. The lowest BCUT2D eigenvalue weighted by Gasteiger charge is -2.08. The van der Waals surface area contributed by atoms with Crippen LogP contribution in [0.25, 0.3) is 0 Å². The number of rotatable bonds is 3. The van der Waals surface area contributed by atoms with Crippen molar-refractivity contribution < 1.29 is 4.74 Å². The molecule has 13 heavy (non-hydrogen) atoms. The normalized spacial score (nSPS) is 9.31. The SMILES string of the molecule is C#CCCc1cccc(Br)c1OC. The summed E-state index contributed by atoms with van der Waals surface area (Å²) in [6.45, 7) is 0. The van der Waals surface area contributed by atoms with Gasteiger partial charge in [-0.2, -0.15) is 0 Å². The Morgan fingerprint density at radius 2 is 2.31 bits per heavy atom. The monoisotopic (exact) mass is 238 g/mol. The van der Waals surface area contributed by atoms with Gasteiger partial charge in [-0.25, -0.2) is 0 Å². The molecule has 0 N–H and O–H groups in total. The number of methoxy groups -OCH3 is 1. The highest BCUT2D eigenvalue weighted by molar-refractivity contribution is 9.10. The molecule has 1 aromatic rings. The number of hydrogen-bond acceptors (Lipinski definition) is 1. The molecule has 0 atom stereocenters. The minimum Gasteiger partial charge on any atom is -0.495 e. The molecule has 0 saturated carbocycles. The first-order chi connectivity index (χ1) is 6.29. The Balaban J connectivity index is 2.93. The Morgan fingerprint density at radius 3 is 2.92 bits per heavy atom. The smallest absolute Gasteiger partial charge is 0.136 e. The summed E-state index contributed by atoms with van der Waals surface area (Å²) in [5.41, 5.74) is 1.15. The highest BCUT2D eigenvalue weighted by Crippen LogP contribution is 2.29. The highest BCUT2D eigenvalue weighted by atomic mass is 79.9. The van der Waals surface area contributed by atoms with Crippen LogP contribution in [0.5, 0.6) is 5.75 Å². The molecule has 0 aliphatic carbocycles. The van der Waals surface area contributed by atoms with Gasteiger partial charge in [-0.05, 0) is 34.0 Å². The Morgan fingerprint density at radius 1 is 1.54 bits per heavy atom. The molecule has 1 nitrogen and oxygen atoms in total. The summed E-state index contributed by atoms with van der Waals surface area (Å²) in [7, 11) is 1.67. The van der Waals surface area contributed by atoms with Crippen LogP contribution in [0.1, 0.15) is 12.0 Å². The molecule has 0 radical (unpaired) electrons. The second-order valence-corrected chi connectivity index (χ2v) is 3.49. The fourth-order valence-electron chi connectivity index (χ4n) is 1.19. The van der Waals surface area contributed by atoms with Crippen molar-refractivity contribution in [2.24, 2.45) is 0 Å². The topological polar surface area (TPSA) is 9.23 Å². The number of terminal acetylenes is 1. The molecule has 0 saturated heterocycles. The summed E-state index contributed by atoms with van der Waals surface area (Å²) >= 11 is 3.42. The third-order valence-corrected chi connectivity index (χ3v) is 2.42. The first-order valence-corrected chi connectivity index (χ1v) is 4.83. The van der Waals surface area contributed by atoms with Crippen LogP contribution in [-0.4, -0.2) is 7.11 Å². The molecule has 0 amide bonds. The zero-order chi connectivity index (χ0) is 9.68. The number of benzene rings is 1. The van der Waals surface area contributed by atoms with E-state index in [1.54, 1.807) is 7.11 Å². The van der Waals surface area contributed by atoms with Gasteiger partial charge in [0.25, 0.3) is 0 Å². The largest absolute Gasteiger partial charge is 0.495 e. The third-order valence-electron chi connectivity index (χ3n) is 1.79. The number of aryl methyl sites for hydroxylation is 1. The van der Waals surface area contributed by atoms with Crippen LogP contribution in [0.15, 0.2) is 22.7 Å². The minimum absolute atomic E-state index is 0.743. The summed E-state index contributed by atoms with van der Waals surface area (Å²) < 4.78 is 6.23. The molecule has 0 unspecified atom stereocenters. The first kappa shape index (κ1) is 10.1. The molecule has 0 aliphatic rings. The van der Waals surface area contributed by atoms with Gasteiger partial charge >= 0.3 is 0 Å². The van der Waals surface area contributed by atoms with E-state index in [0.29, 0.717) is 0 Å². The first-order valence-electron chi connectivity index (χ1n) is 4.04. The Bertz CT molecular complexity index is 325. The molecule has 0 spiro atoms. The Kier molecular flexibility index (Phi) is 3.85. The standard InChI is InChI=1S/C11H11BrO/c1-3-4-6-9-7-5-8-10(12)11(9)13-2/h1,5,7-8H,4,6H2,2H3. The van der Waals surface area contributed by atoms with Crippen molar-refractivity contribution in [1.82, 2.24) is 0 Å². The van der Waals surface area contributed by atoms with Gasteiger partial charge in [-0.15, -0.1) is 12.3 Å². The van der Waals surface area contributed by atoms with Gasteiger partial charge in [0.15, 0.2) is 0 Å². The summed E-state index contributed by atoms with van der Waals surface area (Å²) in [6.07, 6.45) is 6.81. The second-order valence-electron chi connectivity index (χ2n) is 2.64. The minimum atomic E-state index is 0.743. The summed E-state index contributed by atoms with van der Waals surface area (Å²) in [6, 6.07) is 5.97. The van der Waals surface area contributed by atoms with Crippen LogP contribution in [0.2, 0.25) is 0 Å². The summed E-state index contributed by atoms with van der Waals surface area (Å²) in [5.74, 6) is 3.50. The van der Waals surface area contributed by atoms with E-state index in [0.717, 1.165) is 28.6 Å². The quantitative estimate of drug-likeness (QED) is 0.736. The maximum atomic E-state index is 5.26. The van der Waals surface area contributed by atoms with Crippen LogP contribution in [0.4, 0.5) is 0 Å². The van der Waals surface area contributed by atoms with Crippen LogP contribution in [0.3, 0.4) is 0 Å². The molecular weight excluding hydrogens is 228 g/mol. The molecular formula is C11H11BrO. The van der Waals surface area contributed by atoms with Gasteiger partial charge in [0.2, 0.25) is 0 Å². The van der Waals surface area contributed by atoms with E-state index in [4.69, 9.17) is 11.2 Å².